The Kier molecular flexibility index (Phi) is 8.39. The molecule has 0 saturated carbocycles. The van der Waals surface area contributed by atoms with E-state index in [4.69, 9.17) is 14.7 Å². The lowest BCUT2D eigenvalue weighted by Crippen LogP contribution is -2.05. The molecule has 1 unspecified atom stereocenters. The van der Waals surface area contributed by atoms with E-state index in [9.17, 15) is 5.11 Å². The molecular weight excluding hydrogens is 242 g/mol. The van der Waals surface area contributed by atoms with Crippen LogP contribution in [-0.4, -0.2) is 25.4 Å². The van der Waals surface area contributed by atoms with Crippen molar-refractivity contribution in [3.8, 4) is 17.6 Å². The fourth-order valence-corrected chi connectivity index (χ4v) is 1.62. The molecule has 106 valence electrons. The number of rotatable bonds is 5. The van der Waals surface area contributed by atoms with Gasteiger partial charge >= 0.3 is 0 Å². The Bertz CT molecular complexity index is 424. The number of hydrogen-bond acceptors (Lipinski definition) is 4. The molecule has 4 nitrogen and oxygen atoms in total. The van der Waals surface area contributed by atoms with Crippen LogP contribution in [0.4, 0.5) is 0 Å². The summed E-state index contributed by atoms with van der Waals surface area (Å²) in [5, 5.41) is 17.7. The first-order valence-electron chi connectivity index (χ1n) is 6.43. The third kappa shape index (κ3) is 4.80. The summed E-state index contributed by atoms with van der Waals surface area (Å²) in [6.45, 7) is 7.82. The number of ether oxygens (including phenoxy) is 2. The zero-order chi connectivity index (χ0) is 14.8. The van der Waals surface area contributed by atoms with Gasteiger partial charge in [0.1, 0.15) is 17.6 Å². The molecular formula is C15H23NO3. The number of aliphatic hydroxyl groups is 1. The second-order valence-corrected chi connectivity index (χ2v) is 3.89. The molecule has 1 rings (SSSR count). The van der Waals surface area contributed by atoms with Gasteiger partial charge in [-0.2, -0.15) is 5.26 Å². The highest BCUT2D eigenvalue weighted by atomic mass is 16.5. The van der Waals surface area contributed by atoms with Crippen LogP contribution in [0.25, 0.3) is 0 Å². The first kappa shape index (κ1) is 17.3. The van der Waals surface area contributed by atoms with Gasteiger partial charge in [0.05, 0.1) is 7.11 Å². The highest BCUT2D eigenvalue weighted by molar-refractivity contribution is 5.47. The molecule has 0 aliphatic carbocycles. The van der Waals surface area contributed by atoms with Gasteiger partial charge in [0.2, 0.25) is 0 Å². The number of nitriles is 1. The quantitative estimate of drug-likeness (QED) is 0.888. The smallest absolute Gasteiger partial charge is 0.174 e. The van der Waals surface area contributed by atoms with Crippen LogP contribution < -0.4 is 9.47 Å². The van der Waals surface area contributed by atoms with E-state index in [0.717, 1.165) is 16.9 Å². The van der Waals surface area contributed by atoms with E-state index >= 15 is 0 Å². The summed E-state index contributed by atoms with van der Waals surface area (Å²) in [4.78, 5) is 0. The van der Waals surface area contributed by atoms with Crippen LogP contribution in [0.2, 0.25) is 0 Å². The van der Waals surface area contributed by atoms with Crippen molar-refractivity contribution in [2.75, 3.05) is 20.3 Å². The number of benzene rings is 1. The van der Waals surface area contributed by atoms with Crippen molar-refractivity contribution in [1.82, 2.24) is 0 Å². The maximum absolute atomic E-state index is 9.21. The molecule has 0 aliphatic heterocycles. The van der Waals surface area contributed by atoms with Crippen LogP contribution >= 0.6 is 0 Å². The van der Waals surface area contributed by atoms with E-state index < -0.39 is 0 Å². The minimum atomic E-state index is -0.0572. The summed E-state index contributed by atoms with van der Waals surface area (Å²) >= 11 is 0. The number of aryl methyl sites for hydroxylation is 1. The number of aliphatic hydroxyl groups excluding tert-OH is 1. The maximum Gasteiger partial charge on any atom is 0.174 e. The van der Waals surface area contributed by atoms with Gasteiger partial charge in [-0.3, -0.25) is 0 Å². The highest BCUT2D eigenvalue weighted by Gasteiger charge is 2.14. The predicted molar refractivity (Wildman–Crippen MR) is 75.7 cm³/mol. The first-order chi connectivity index (χ1) is 9.13. The second-order valence-electron chi connectivity index (χ2n) is 3.89. The average molecular weight is 265 g/mol. The van der Waals surface area contributed by atoms with E-state index in [2.05, 4.69) is 0 Å². The van der Waals surface area contributed by atoms with Gasteiger partial charge in [-0.05, 0) is 24.6 Å². The summed E-state index contributed by atoms with van der Waals surface area (Å²) in [6, 6.07) is 5.61. The Hall–Kier alpha value is -1.73. The van der Waals surface area contributed by atoms with Crippen molar-refractivity contribution < 1.29 is 14.6 Å². The maximum atomic E-state index is 9.21. The van der Waals surface area contributed by atoms with Gasteiger partial charge in [-0.15, -0.1) is 0 Å². The molecule has 0 fully saturated rings. The molecule has 0 amide bonds. The summed E-state index contributed by atoms with van der Waals surface area (Å²) < 4.78 is 10.6. The molecule has 0 aromatic heterocycles. The topological polar surface area (TPSA) is 62.5 Å². The van der Waals surface area contributed by atoms with Crippen molar-refractivity contribution in [3.05, 3.63) is 23.3 Å². The summed E-state index contributed by atoms with van der Waals surface area (Å²) in [5.41, 5.74) is 1.79. The van der Waals surface area contributed by atoms with E-state index in [1.807, 2.05) is 45.9 Å². The number of hydrogen-bond donors (Lipinski definition) is 1. The van der Waals surface area contributed by atoms with Crippen LogP contribution in [0.3, 0.4) is 0 Å². The molecule has 0 spiro atoms. The van der Waals surface area contributed by atoms with Gasteiger partial charge in [-0.1, -0.05) is 20.8 Å². The molecule has 1 aromatic carbocycles. The standard InChI is InChI=1S/C13H17NO3.C2H6/c1-9-6-13(17-5-4-14)11(10(2)8-15)7-12(9)16-3;1-2/h6-7,10,15H,5,8H2,1-3H3;1-2H3. The van der Waals surface area contributed by atoms with E-state index in [-0.39, 0.29) is 19.1 Å². The average Bonchev–Trinajstić information content (AvgIpc) is 2.46. The third-order valence-electron chi connectivity index (χ3n) is 2.62. The molecule has 19 heavy (non-hydrogen) atoms. The lowest BCUT2D eigenvalue weighted by molar-refractivity contribution is 0.267. The zero-order valence-corrected chi connectivity index (χ0v) is 12.4. The highest BCUT2D eigenvalue weighted by Crippen LogP contribution is 2.33. The Morgan fingerprint density at radius 2 is 1.95 bits per heavy atom. The van der Waals surface area contributed by atoms with Crippen LogP contribution in [0.5, 0.6) is 11.5 Å². The molecule has 0 radical (unpaired) electrons. The van der Waals surface area contributed by atoms with Crippen molar-refractivity contribution >= 4 is 0 Å². The minimum absolute atomic E-state index is 0.00306. The van der Waals surface area contributed by atoms with E-state index in [1.165, 1.54) is 0 Å². The Balaban J connectivity index is 0.00000154. The van der Waals surface area contributed by atoms with Crippen LogP contribution in [0.15, 0.2) is 12.1 Å². The summed E-state index contributed by atoms with van der Waals surface area (Å²) in [5.74, 6) is 1.33. The fourth-order valence-electron chi connectivity index (χ4n) is 1.62. The molecule has 0 bridgehead atoms. The van der Waals surface area contributed by atoms with E-state index in [1.54, 1.807) is 7.11 Å². The Labute approximate surface area is 115 Å². The van der Waals surface area contributed by atoms with Gasteiger partial charge in [0.15, 0.2) is 6.61 Å². The van der Waals surface area contributed by atoms with Gasteiger partial charge < -0.3 is 14.6 Å². The van der Waals surface area contributed by atoms with Crippen molar-refractivity contribution in [1.29, 1.82) is 5.26 Å². The second kappa shape index (κ2) is 9.23. The first-order valence-corrected chi connectivity index (χ1v) is 6.43. The number of methoxy groups -OCH3 is 1. The lowest BCUT2D eigenvalue weighted by atomic mass is 9.99. The number of nitrogens with zero attached hydrogens (tertiary/aromatic N) is 1. The molecule has 0 heterocycles. The molecule has 1 atom stereocenters. The van der Waals surface area contributed by atoms with Gasteiger partial charge in [0, 0.05) is 18.1 Å². The normalized spacial score (nSPS) is 10.8. The van der Waals surface area contributed by atoms with Crippen molar-refractivity contribution in [2.45, 2.75) is 33.6 Å². The Morgan fingerprint density at radius 1 is 1.32 bits per heavy atom. The van der Waals surface area contributed by atoms with E-state index in [0.29, 0.717) is 5.75 Å². The zero-order valence-electron chi connectivity index (χ0n) is 12.4. The summed E-state index contributed by atoms with van der Waals surface area (Å²) in [7, 11) is 1.60. The van der Waals surface area contributed by atoms with Crippen LogP contribution in [0.1, 0.15) is 37.8 Å². The lowest BCUT2D eigenvalue weighted by Gasteiger charge is -2.17. The van der Waals surface area contributed by atoms with Gasteiger partial charge in [0.25, 0.3) is 0 Å². The molecule has 1 aromatic rings. The predicted octanol–water partition coefficient (Wildman–Crippen LogP) is 3.03. The SMILES string of the molecule is CC.COc1cc(C(C)CO)c(OCC#N)cc1C. The monoisotopic (exact) mass is 265 g/mol. The third-order valence-corrected chi connectivity index (χ3v) is 2.62. The van der Waals surface area contributed by atoms with Crippen LogP contribution in [0, 0.1) is 18.3 Å². The molecule has 0 saturated heterocycles. The molecule has 1 N–H and O–H groups in total. The fraction of sp³-hybridized carbons (Fsp3) is 0.533. The van der Waals surface area contributed by atoms with Crippen molar-refractivity contribution in [3.63, 3.8) is 0 Å². The largest absolute Gasteiger partial charge is 0.496 e. The van der Waals surface area contributed by atoms with Crippen molar-refractivity contribution in [2.24, 2.45) is 0 Å². The summed E-state index contributed by atoms with van der Waals surface area (Å²) in [6.07, 6.45) is 0. The Morgan fingerprint density at radius 3 is 2.42 bits per heavy atom. The molecule has 0 aliphatic rings. The van der Waals surface area contributed by atoms with Crippen LogP contribution in [-0.2, 0) is 0 Å². The minimum Gasteiger partial charge on any atom is -0.496 e. The van der Waals surface area contributed by atoms with Gasteiger partial charge in [-0.25, -0.2) is 0 Å². The molecule has 4 heteroatoms.